The second-order valence-electron chi connectivity index (χ2n) is 5.84. The molecule has 0 saturated carbocycles. The molecule has 1 amide bonds. The summed E-state index contributed by atoms with van der Waals surface area (Å²) in [5.74, 6) is 2.06. The van der Waals surface area contributed by atoms with Crippen molar-refractivity contribution in [3.63, 3.8) is 0 Å². The van der Waals surface area contributed by atoms with Crippen molar-refractivity contribution in [2.75, 3.05) is 7.11 Å². The average molecular weight is 351 g/mol. The Bertz CT molecular complexity index is 840. The highest BCUT2D eigenvalue weighted by atomic mass is 16.5. The van der Waals surface area contributed by atoms with E-state index in [2.05, 4.69) is 5.32 Å². The van der Waals surface area contributed by atoms with Crippen LogP contribution in [0.15, 0.2) is 71.1 Å². The predicted molar refractivity (Wildman–Crippen MR) is 98.4 cm³/mol. The maximum absolute atomic E-state index is 12.3. The van der Waals surface area contributed by atoms with Gasteiger partial charge in [0.2, 0.25) is 0 Å². The highest BCUT2D eigenvalue weighted by molar-refractivity contribution is 5.91. The molecule has 1 heterocycles. The molecule has 1 aromatic heterocycles. The molecule has 5 nitrogen and oxygen atoms in total. The summed E-state index contributed by atoms with van der Waals surface area (Å²) in [5.41, 5.74) is 1.04. The van der Waals surface area contributed by atoms with Crippen molar-refractivity contribution in [3.05, 3.63) is 83.8 Å². The van der Waals surface area contributed by atoms with Crippen molar-refractivity contribution in [2.24, 2.45) is 0 Å². The standard InChI is InChI=1S/C21H21NO4/c1-15(16-6-4-3-5-7-16)22-21(23)20-13-12-19(26-20)14-25-18-10-8-17(24-2)9-11-18/h3-13,15H,14H2,1-2H3,(H,22,23). The topological polar surface area (TPSA) is 60.7 Å². The molecule has 3 rings (SSSR count). The number of hydrogen-bond donors (Lipinski definition) is 1. The largest absolute Gasteiger partial charge is 0.497 e. The van der Waals surface area contributed by atoms with Gasteiger partial charge in [0.1, 0.15) is 23.9 Å². The Morgan fingerprint density at radius 1 is 1.00 bits per heavy atom. The summed E-state index contributed by atoms with van der Waals surface area (Å²) in [6.45, 7) is 2.18. The number of amides is 1. The molecular weight excluding hydrogens is 330 g/mol. The van der Waals surface area contributed by atoms with Gasteiger partial charge in [-0.2, -0.15) is 0 Å². The van der Waals surface area contributed by atoms with Crippen LogP contribution in [0.3, 0.4) is 0 Å². The lowest BCUT2D eigenvalue weighted by Gasteiger charge is -2.13. The predicted octanol–water partition coefficient (Wildman–Crippen LogP) is 4.36. The molecule has 2 aromatic carbocycles. The van der Waals surface area contributed by atoms with Crippen LogP contribution in [0.5, 0.6) is 11.5 Å². The minimum Gasteiger partial charge on any atom is -0.497 e. The zero-order valence-corrected chi connectivity index (χ0v) is 14.8. The Hall–Kier alpha value is -3.21. The van der Waals surface area contributed by atoms with E-state index in [0.717, 1.165) is 11.3 Å². The van der Waals surface area contributed by atoms with E-state index in [0.29, 0.717) is 11.5 Å². The van der Waals surface area contributed by atoms with Crippen LogP contribution >= 0.6 is 0 Å². The first-order chi connectivity index (χ1) is 12.7. The molecular formula is C21H21NO4. The third-order valence-electron chi connectivity index (χ3n) is 3.97. The van der Waals surface area contributed by atoms with Gasteiger partial charge in [-0.25, -0.2) is 0 Å². The van der Waals surface area contributed by atoms with Crippen molar-refractivity contribution < 1.29 is 18.7 Å². The quantitative estimate of drug-likeness (QED) is 0.687. The summed E-state index contributed by atoms with van der Waals surface area (Å²) in [7, 11) is 1.62. The van der Waals surface area contributed by atoms with Gasteiger partial charge in [0, 0.05) is 0 Å². The van der Waals surface area contributed by atoms with E-state index < -0.39 is 0 Å². The Kier molecular flexibility index (Phi) is 5.59. The molecule has 1 unspecified atom stereocenters. The van der Waals surface area contributed by atoms with Gasteiger partial charge >= 0.3 is 0 Å². The van der Waals surface area contributed by atoms with Gasteiger partial charge in [0.15, 0.2) is 5.76 Å². The lowest BCUT2D eigenvalue weighted by Crippen LogP contribution is -2.26. The van der Waals surface area contributed by atoms with Crippen LogP contribution in [0.1, 0.15) is 34.8 Å². The van der Waals surface area contributed by atoms with E-state index in [1.807, 2.05) is 61.5 Å². The molecule has 26 heavy (non-hydrogen) atoms. The normalized spacial score (nSPS) is 11.6. The zero-order chi connectivity index (χ0) is 18.4. The molecule has 0 radical (unpaired) electrons. The number of furan rings is 1. The summed E-state index contributed by atoms with van der Waals surface area (Å²) in [6.07, 6.45) is 0. The SMILES string of the molecule is COc1ccc(OCc2ccc(C(=O)NC(C)c3ccccc3)o2)cc1. The molecule has 0 bridgehead atoms. The number of ether oxygens (including phenoxy) is 2. The Morgan fingerprint density at radius 3 is 2.38 bits per heavy atom. The van der Waals surface area contributed by atoms with Gasteiger partial charge in [-0.15, -0.1) is 0 Å². The molecule has 1 atom stereocenters. The number of benzene rings is 2. The summed E-state index contributed by atoms with van der Waals surface area (Å²) in [6, 6.07) is 20.3. The second-order valence-corrected chi connectivity index (χ2v) is 5.84. The van der Waals surface area contributed by atoms with Gasteiger partial charge in [-0.3, -0.25) is 4.79 Å². The van der Waals surface area contributed by atoms with Crippen molar-refractivity contribution in [2.45, 2.75) is 19.6 Å². The molecule has 0 spiro atoms. The Balaban J connectivity index is 1.55. The third-order valence-corrected chi connectivity index (χ3v) is 3.97. The molecule has 0 aliphatic rings. The summed E-state index contributed by atoms with van der Waals surface area (Å²) in [4.78, 5) is 12.3. The van der Waals surface area contributed by atoms with Gasteiger partial charge in [0.05, 0.1) is 13.2 Å². The Morgan fingerprint density at radius 2 is 1.69 bits per heavy atom. The molecule has 0 aliphatic carbocycles. The van der Waals surface area contributed by atoms with E-state index in [-0.39, 0.29) is 24.3 Å². The van der Waals surface area contributed by atoms with Crippen LogP contribution in [-0.4, -0.2) is 13.0 Å². The lowest BCUT2D eigenvalue weighted by atomic mass is 10.1. The maximum Gasteiger partial charge on any atom is 0.287 e. The fourth-order valence-electron chi connectivity index (χ4n) is 2.50. The highest BCUT2D eigenvalue weighted by Gasteiger charge is 2.15. The second kappa shape index (κ2) is 8.25. The summed E-state index contributed by atoms with van der Waals surface area (Å²) < 4.78 is 16.3. The van der Waals surface area contributed by atoms with Crippen LogP contribution in [0.2, 0.25) is 0 Å². The summed E-state index contributed by atoms with van der Waals surface area (Å²) >= 11 is 0. The van der Waals surface area contributed by atoms with Crippen LogP contribution in [-0.2, 0) is 6.61 Å². The van der Waals surface area contributed by atoms with E-state index in [1.54, 1.807) is 19.2 Å². The molecule has 0 aliphatic heterocycles. The van der Waals surface area contributed by atoms with Crippen molar-refractivity contribution >= 4 is 5.91 Å². The first kappa shape index (κ1) is 17.6. The van der Waals surface area contributed by atoms with Crippen molar-refractivity contribution in [1.82, 2.24) is 5.32 Å². The number of carbonyl (C=O) groups is 1. The van der Waals surface area contributed by atoms with E-state index in [1.165, 1.54) is 0 Å². The van der Waals surface area contributed by atoms with Gasteiger partial charge in [0.25, 0.3) is 5.91 Å². The van der Waals surface area contributed by atoms with Crippen molar-refractivity contribution in [3.8, 4) is 11.5 Å². The maximum atomic E-state index is 12.3. The fraction of sp³-hybridized carbons (Fsp3) is 0.190. The van der Waals surface area contributed by atoms with Gasteiger partial charge in [-0.1, -0.05) is 30.3 Å². The molecule has 0 fully saturated rings. The monoisotopic (exact) mass is 351 g/mol. The number of hydrogen-bond acceptors (Lipinski definition) is 4. The average Bonchev–Trinajstić information content (AvgIpc) is 3.16. The highest BCUT2D eigenvalue weighted by Crippen LogP contribution is 2.19. The Labute approximate surface area is 152 Å². The van der Waals surface area contributed by atoms with E-state index in [9.17, 15) is 4.79 Å². The number of methoxy groups -OCH3 is 1. The minimum atomic E-state index is -0.253. The summed E-state index contributed by atoms with van der Waals surface area (Å²) in [5, 5.41) is 2.92. The van der Waals surface area contributed by atoms with Crippen LogP contribution in [0.25, 0.3) is 0 Å². The first-order valence-electron chi connectivity index (χ1n) is 8.37. The minimum absolute atomic E-state index is 0.104. The van der Waals surface area contributed by atoms with E-state index >= 15 is 0 Å². The number of rotatable bonds is 7. The molecule has 134 valence electrons. The van der Waals surface area contributed by atoms with Gasteiger partial charge < -0.3 is 19.2 Å². The molecule has 3 aromatic rings. The van der Waals surface area contributed by atoms with Crippen molar-refractivity contribution in [1.29, 1.82) is 0 Å². The van der Waals surface area contributed by atoms with E-state index in [4.69, 9.17) is 13.9 Å². The van der Waals surface area contributed by atoms with Crippen LogP contribution < -0.4 is 14.8 Å². The number of nitrogens with one attached hydrogen (secondary N) is 1. The smallest absolute Gasteiger partial charge is 0.287 e. The number of carbonyl (C=O) groups excluding carboxylic acids is 1. The first-order valence-corrected chi connectivity index (χ1v) is 8.37. The zero-order valence-electron chi connectivity index (χ0n) is 14.8. The molecule has 0 saturated heterocycles. The fourth-order valence-corrected chi connectivity index (χ4v) is 2.50. The third kappa shape index (κ3) is 4.45. The lowest BCUT2D eigenvalue weighted by molar-refractivity contribution is 0.0907. The van der Waals surface area contributed by atoms with Crippen LogP contribution in [0.4, 0.5) is 0 Å². The van der Waals surface area contributed by atoms with Gasteiger partial charge in [-0.05, 0) is 48.9 Å². The molecule has 1 N–H and O–H groups in total. The molecule has 5 heteroatoms. The van der Waals surface area contributed by atoms with Crippen LogP contribution in [0, 0.1) is 0 Å².